The first-order chi connectivity index (χ1) is 12.8. The van der Waals surface area contributed by atoms with Gasteiger partial charge in [-0.05, 0) is 79.6 Å². The van der Waals surface area contributed by atoms with Crippen molar-refractivity contribution in [2.75, 3.05) is 0 Å². The molecule has 3 rings (SSSR count). The second-order valence-corrected chi connectivity index (χ2v) is 11.6. The molecule has 1 aliphatic carbocycles. The molecule has 0 aromatic rings. The Bertz CT molecular complexity index is 559. The van der Waals surface area contributed by atoms with E-state index in [1.165, 1.54) is 37.6 Å². The first-order valence-corrected chi connectivity index (χ1v) is 11.2. The summed E-state index contributed by atoms with van der Waals surface area (Å²) in [5.41, 5.74) is 0.361. The van der Waals surface area contributed by atoms with Gasteiger partial charge in [-0.15, -0.1) is 0 Å². The average Bonchev–Trinajstić information content (AvgIpc) is 2.47. The Hall–Kier alpha value is -0.290. The molecule has 2 heterocycles. The third-order valence-electron chi connectivity index (χ3n) is 6.10. The largest absolute Gasteiger partial charge is 0.489 e. The summed E-state index contributed by atoms with van der Waals surface area (Å²) in [6.07, 6.45) is 7.99. The van der Waals surface area contributed by atoms with Crippen molar-refractivity contribution in [1.82, 2.24) is 0 Å². The molecule has 158 valence electrons. The van der Waals surface area contributed by atoms with Crippen LogP contribution < -0.4 is 0 Å². The van der Waals surface area contributed by atoms with E-state index in [0.29, 0.717) is 5.92 Å². The predicted octanol–water partition coefficient (Wildman–Crippen LogP) is 5.54. The van der Waals surface area contributed by atoms with E-state index in [1.807, 2.05) is 0 Å². The second-order valence-electron chi connectivity index (χ2n) is 11.6. The Morgan fingerprint density at radius 2 is 1.11 bits per heavy atom. The molecule has 0 atom stereocenters. The minimum Gasteiger partial charge on any atom is -0.403 e. The van der Waals surface area contributed by atoms with E-state index in [9.17, 15) is 0 Å². The van der Waals surface area contributed by atoms with Gasteiger partial charge in [0.25, 0.3) is 0 Å². The van der Waals surface area contributed by atoms with Gasteiger partial charge in [-0.25, -0.2) is 0 Å². The molecular formula is C22H40B2O4. The molecule has 4 nitrogen and oxygen atoms in total. The summed E-state index contributed by atoms with van der Waals surface area (Å²) in [6, 6.07) is 0. The van der Waals surface area contributed by atoms with Crippen LogP contribution in [-0.4, -0.2) is 36.6 Å². The van der Waals surface area contributed by atoms with Gasteiger partial charge in [0.05, 0.1) is 22.4 Å². The van der Waals surface area contributed by atoms with Gasteiger partial charge in [-0.3, -0.25) is 0 Å². The molecule has 0 bridgehead atoms. The molecule has 0 unspecified atom stereocenters. The molecule has 0 spiro atoms. The molecule has 0 aromatic carbocycles. The smallest absolute Gasteiger partial charge is 0.403 e. The van der Waals surface area contributed by atoms with Crippen molar-refractivity contribution < 1.29 is 18.6 Å². The van der Waals surface area contributed by atoms with E-state index in [1.54, 1.807) is 0 Å². The molecule has 0 amide bonds. The number of hydrogen-bond donors (Lipinski definition) is 0. The molecule has 2 saturated heterocycles. The molecule has 3 aliphatic rings. The summed E-state index contributed by atoms with van der Waals surface area (Å²) >= 11 is 0. The van der Waals surface area contributed by atoms with Crippen molar-refractivity contribution in [2.24, 2.45) is 5.92 Å². The van der Waals surface area contributed by atoms with Gasteiger partial charge in [-0.2, -0.15) is 0 Å². The Balaban J connectivity index is 1.91. The Morgan fingerprint density at radius 1 is 0.679 bits per heavy atom. The normalized spacial score (nSPS) is 30.4. The first kappa shape index (κ1) is 22.4. The quantitative estimate of drug-likeness (QED) is 0.594. The molecule has 1 saturated carbocycles. The fraction of sp³-hybridized carbons (Fsp3) is 0.909. The lowest BCUT2D eigenvalue weighted by atomic mass is 9.60. The van der Waals surface area contributed by atoms with Gasteiger partial charge in [0, 0.05) is 12.8 Å². The van der Waals surface area contributed by atoms with Crippen molar-refractivity contribution >= 4 is 14.2 Å². The number of hydrogen-bond acceptors (Lipinski definition) is 4. The topological polar surface area (TPSA) is 36.9 Å². The van der Waals surface area contributed by atoms with Gasteiger partial charge in [0.15, 0.2) is 0 Å². The highest BCUT2D eigenvalue weighted by molar-refractivity contribution is 6.60. The van der Waals surface area contributed by atoms with Crippen LogP contribution in [0.4, 0.5) is 0 Å². The third-order valence-corrected chi connectivity index (χ3v) is 6.10. The molecule has 0 N–H and O–H groups in total. The molecule has 0 aromatic heterocycles. The highest BCUT2D eigenvalue weighted by atomic mass is 16.6. The average molecular weight is 390 g/mol. The molecule has 0 radical (unpaired) electrons. The molecule has 3 fully saturated rings. The van der Waals surface area contributed by atoms with Gasteiger partial charge in [0.1, 0.15) is 0 Å². The van der Waals surface area contributed by atoms with E-state index >= 15 is 0 Å². The summed E-state index contributed by atoms with van der Waals surface area (Å²) in [7, 11) is -0.696. The zero-order valence-corrected chi connectivity index (χ0v) is 19.4. The molecule has 2 aliphatic heterocycles. The fourth-order valence-electron chi connectivity index (χ4n) is 5.68. The lowest BCUT2D eigenvalue weighted by Crippen LogP contribution is -2.54. The summed E-state index contributed by atoms with van der Waals surface area (Å²) < 4.78 is 25.6. The van der Waals surface area contributed by atoms with Crippen LogP contribution in [0.2, 0.25) is 0 Å². The Morgan fingerprint density at radius 3 is 1.57 bits per heavy atom. The lowest BCUT2D eigenvalue weighted by molar-refractivity contribution is -0.0766. The standard InChI is InChI=1S/C22H40B2O4/c1-19(2)15-20(3,4)26-23(25-19)14-18(17-12-10-9-11-13-17)24-27-21(5,6)16-22(7,8)28-24/h14,17H,9-13,15-16H2,1-8H3. The number of rotatable bonds is 3. The van der Waals surface area contributed by atoms with Gasteiger partial charge in [-0.1, -0.05) is 25.2 Å². The summed E-state index contributed by atoms with van der Waals surface area (Å²) in [5.74, 6) is 2.66. The van der Waals surface area contributed by atoms with E-state index in [2.05, 4.69) is 61.4 Å². The predicted molar refractivity (Wildman–Crippen MR) is 116 cm³/mol. The summed E-state index contributed by atoms with van der Waals surface area (Å²) in [5, 5.41) is 0. The monoisotopic (exact) mass is 390 g/mol. The van der Waals surface area contributed by atoms with Crippen LogP contribution in [0.3, 0.4) is 0 Å². The SMILES string of the molecule is CC1(C)CC(C)(C)OB(C=C(B2OC(C)(C)CC(C)(C)O2)C2CCCCC2)O1. The van der Waals surface area contributed by atoms with Crippen molar-refractivity contribution in [3.8, 4) is 0 Å². The van der Waals surface area contributed by atoms with Gasteiger partial charge >= 0.3 is 14.2 Å². The molecule has 6 heteroatoms. The van der Waals surface area contributed by atoms with Crippen LogP contribution in [0.1, 0.15) is 100 Å². The Kier molecular flexibility index (Phi) is 6.20. The zero-order chi connectivity index (χ0) is 20.8. The van der Waals surface area contributed by atoms with Crippen LogP contribution >= 0.6 is 0 Å². The van der Waals surface area contributed by atoms with Crippen molar-refractivity contribution in [2.45, 2.75) is 123 Å². The van der Waals surface area contributed by atoms with E-state index in [-0.39, 0.29) is 36.6 Å². The maximum Gasteiger partial charge on any atom is 0.489 e. The van der Waals surface area contributed by atoms with Crippen LogP contribution in [0, 0.1) is 5.92 Å². The Labute approximate surface area is 173 Å². The minimum absolute atomic E-state index is 0.215. The highest BCUT2D eigenvalue weighted by Gasteiger charge is 2.48. The summed E-state index contributed by atoms with van der Waals surface area (Å²) in [4.78, 5) is 0. The van der Waals surface area contributed by atoms with Crippen LogP contribution in [0.25, 0.3) is 0 Å². The van der Waals surface area contributed by atoms with Crippen molar-refractivity contribution in [3.63, 3.8) is 0 Å². The maximum absolute atomic E-state index is 6.47. The molecular weight excluding hydrogens is 350 g/mol. The molecule has 28 heavy (non-hydrogen) atoms. The lowest BCUT2D eigenvalue weighted by Gasteiger charge is -2.46. The van der Waals surface area contributed by atoms with Crippen LogP contribution in [0.15, 0.2) is 11.4 Å². The van der Waals surface area contributed by atoms with Crippen molar-refractivity contribution in [3.05, 3.63) is 11.4 Å². The zero-order valence-electron chi connectivity index (χ0n) is 19.4. The van der Waals surface area contributed by atoms with E-state index < -0.39 is 0 Å². The second kappa shape index (κ2) is 7.76. The van der Waals surface area contributed by atoms with E-state index in [4.69, 9.17) is 18.6 Å². The summed E-state index contributed by atoms with van der Waals surface area (Å²) in [6.45, 7) is 17.3. The minimum atomic E-state index is -0.365. The van der Waals surface area contributed by atoms with E-state index in [0.717, 1.165) is 12.8 Å². The van der Waals surface area contributed by atoms with Crippen molar-refractivity contribution in [1.29, 1.82) is 0 Å². The van der Waals surface area contributed by atoms with Gasteiger partial charge < -0.3 is 18.6 Å². The first-order valence-electron chi connectivity index (χ1n) is 11.2. The van der Waals surface area contributed by atoms with Gasteiger partial charge in [0.2, 0.25) is 0 Å². The number of allylic oxidation sites excluding steroid dienone is 1. The fourth-order valence-corrected chi connectivity index (χ4v) is 5.68. The highest BCUT2D eigenvalue weighted by Crippen LogP contribution is 2.41. The maximum atomic E-state index is 6.47. The van der Waals surface area contributed by atoms with Crippen LogP contribution in [-0.2, 0) is 18.6 Å². The third kappa shape index (κ3) is 5.87. The van der Waals surface area contributed by atoms with Crippen LogP contribution in [0.5, 0.6) is 0 Å².